The molecule has 1 aromatic heterocycles. The van der Waals surface area contributed by atoms with Crippen LogP contribution in [0.25, 0.3) is 0 Å². The van der Waals surface area contributed by atoms with E-state index < -0.39 is 0 Å². The van der Waals surface area contributed by atoms with Crippen LogP contribution in [-0.4, -0.2) is 10.1 Å². The molecule has 0 saturated carbocycles. The van der Waals surface area contributed by atoms with E-state index in [0.717, 1.165) is 11.3 Å². The van der Waals surface area contributed by atoms with Gasteiger partial charge in [0, 0.05) is 4.90 Å². The van der Waals surface area contributed by atoms with Gasteiger partial charge in [0.2, 0.25) is 5.89 Å². The molecule has 0 aliphatic rings. The third-order valence-corrected chi connectivity index (χ3v) is 4.18. The average Bonchev–Trinajstić information content (AvgIpc) is 2.92. The van der Waals surface area contributed by atoms with Crippen LogP contribution >= 0.6 is 11.8 Å². The SMILES string of the molecule is CCC(C)[C@H](N)c1nc(CSc2cccc(F)c2)no1. The summed E-state index contributed by atoms with van der Waals surface area (Å²) in [6.45, 7) is 4.12. The van der Waals surface area contributed by atoms with Gasteiger partial charge in [-0.1, -0.05) is 31.5 Å². The maximum Gasteiger partial charge on any atom is 0.243 e. The number of nitrogens with two attached hydrogens (primary N) is 1. The minimum Gasteiger partial charge on any atom is -0.338 e. The first-order valence-corrected chi connectivity index (χ1v) is 7.55. The highest BCUT2D eigenvalue weighted by Gasteiger charge is 2.19. The first-order chi connectivity index (χ1) is 9.60. The third-order valence-electron chi connectivity index (χ3n) is 3.19. The summed E-state index contributed by atoms with van der Waals surface area (Å²) in [5.74, 6) is 1.61. The van der Waals surface area contributed by atoms with Crippen molar-refractivity contribution in [2.75, 3.05) is 0 Å². The zero-order valence-corrected chi connectivity index (χ0v) is 12.4. The second-order valence-electron chi connectivity index (χ2n) is 4.71. The maximum absolute atomic E-state index is 13.1. The Morgan fingerprint density at radius 3 is 2.95 bits per heavy atom. The molecular formula is C14H18FN3OS. The fourth-order valence-electron chi connectivity index (χ4n) is 1.66. The largest absolute Gasteiger partial charge is 0.338 e. The molecule has 6 heteroatoms. The van der Waals surface area contributed by atoms with Crippen molar-refractivity contribution in [3.8, 4) is 0 Å². The van der Waals surface area contributed by atoms with Crippen molar-refractivity contribution in [2.24, 2.45) is 11.7 Å². The molecule has 0 amide bonds. The number of halogens is 1. The minimum atomic E-state index is -0.248. The van der Waals surface area contributed by atoms with Crippen molar-refractivity contribution in [1.82, 2.24) is 10.1 Å². The Morgan fingerprint density at radius 2 is 2.25 bits per heavy atom. The van der Waals surface area contributed by atoms with E-state index in [4.69, 9.17) is 10.3 Å². The van der Waals surface area contributed by atoms with E-state index in [2.05, 4.69) is 24.0 Å². The van der Waals surface area contributed by atoms with Gasteiger partial charge in [0.1, 0.15) is 5.82 Å². The molecule has 2 atom stereocenters. The second kappa shape index (κ2) is 6.85. The van der Waals surface area contributed by atoms with E-state index in [0.29, 0.717) is 23.4 Å². The molecule has 0 aliphatic carbocycles. The van der Waals surface area contributed by atoms with Crippen LogP contribution in [0.15, 0.2) is 33.7 Å². The first kappa shape index (κ1) is 15.0. The Morgan fingerprint density at radius 1 is 1.45 bits per heavy atom. The van der Waals surface area contributed by atoms with E-state index in [1.165, 1.54) is 23.9 Å². The van der Waals surface area contributed by atoms with E-state index in [1.807, 2.05) is 6.07 Å². The lowest BCUT2D eigenvalue weighted by atomic mass is 10.0. The summed E-state index contributed by atoms with van der Waals surface area (Å²) in [7, 11) is 0. The van der Waals surface area contributed by atoms with Crippen molar-refractivity contribution >= 4 is 11.8 Å². The molecule has 4 nitrogen and oxygen atoms in total. The third kappa shape index (κ3) is 3.80. The van der Waals surface area contributed by atoms with Gasteiger partial charge in [0.25, 0.3) is 0 Å². The average molecular weight is 295 g/mol. The number of aromatic nitrogens is 2. The molecule has 0 radical (unpaired) electrons. The first-order valence-electron chi connectivity index (χ1n) is 6.56. The van der Waals surface area contributed by atoms with Gasteiger partial charge in [-0.25, -0.2) is 4.39 Å². The maximum atomic E-state index is 13.1. The molecular weight excluding hydrogens is 277 g/mol. The molecule has 0 spiro atoms. The zero-order chi connectivity index (χ0) is 14.5. The van der Waals surface area contributed by atoms with Crippen molar-refractivity contribution in [2.45, 2.75) is 37.0 Å². The Bertz CT molecular complexity index is 561. The number of thioether (sulfide) groups is 1. The molecule has 0 aliphatic heterocycles. The van der Waals surface area contributed by atoms with Crippen LogP contribution in [0.5, 0.6) is 0 Å². The number of hydrogen-bond acceptors (Lipinski definition) is 5. The summed E-state index contributed by atoms with van der Waals surface area (Å²) in [6, 6.07) is 6.19. The van der Waals surface area contributed by atoms with Gasteiger partial charge < -0.3 is 10.3 Å². The highest BCUT2D eigenvalue weighted by Crippen LogP contribution is 2.24. The molecule has 2 rings (SSSR count). The Hall–Kier alpha value is -1.40. The summed E-state index contributed by atoms with van der Waals surface area (Å²) >= 11 is 1.46. The standard InChI is InChI=1S/C14H18FN3OS/c1-3-9(2)13(16)14-17-12(18-19-14)8-20-11-6-4-5-10(15)7-11/h4-7,9,13H,3,8,16H2,1-2H3/t9?,13-/m0/s1. The molecule has 1 heterocycles. The van der Waals surface area contributed by atoms with Gasteiger partial charge in [-0.2, -0.15) is 4.98 Å². The smallest absolute Gasteiger partial charge is 0.243 e. The van der Waals surface area contributed by atoms with Crippen LogP contribution in [0, 0.1) is 11.7 Å². The molecule has 20 heavy (non-hydrogen) atoms. The fraction of sp³-hybridized carbons (Fsp3) is 0.429. The van der Waals surface area contributed by atoms with Crippen LogP contribution in [0.2, 0.25) is 0 Å². The quantitative estimate of drug-likeness (QED) is 0.826. The lowest BCUT2D eigenvalue weighted by molar-refractivity contribution is 0.311. The monoisotopic (exact) mass is 295 g/mol. The number of benzene rings is 1. The van der Waals surface area contributed by atoms with Gasteiger partial charge in [0.05, 0.1) is 11.8 Å². The van der Waals surface area contributed by atoms with E-state index in [9.17, 15) is 4.39 Å². The summed E-state index contributed by atoms with van der Waals surface area (Å²) in [5, 5.41) is 3.91. The minimum absolute atomic E-state index is 0.236. The number of rotatable bonds is 6. The molecule has 2 aromatic rings. The Kier molecular flexibility index (Phi) is 5.14. The summed E-state index contributed by atoms with van der Waals surface area (Å²) in [6.07, 6.45) is 0.955. The lowest BCUT2D eigenvalue weighted by Crippen LogP contribution is -2.18. The van der Waals surface area contributed by atoms with Crippen molar-refractivity contribution < 1.29 is 8.91 Å². The normalized spacial score (nSPS) is 14.2. The van der Waals surface area contributed by atoms with Crippen molar-refractivity contribution in [3.05, 3.63) is 41.8 Å². The van der Waals surface area contributed by atoms with Crippen LogP contribution in [0.3, 0.4) is 0 Å². The molecule has 0 fully saturated rings. The summed E-state index contributed by atoms with van der Waals surface area (Å²) < 4.78 is 18.2. The molecule has 0 saturated heterocycles. The van der Waals surface area contributed by atoms with Gasteiger partial charge in [-0.3, -0.25) is 0 Å². The van der Waals surface area contributed by atoms with Gasteiger partial charge in [-0.05, 0) is 24.1 Å². The van der Waals surface area contributed by atoms with Gasteiger partial charge >= 0.3 is 0 Å². The van der Waals surface area contributed by atoms with Crippen LogP contribution < -0.4 is 5.73 Å². The van der Waals surface area contributed by atoms with E-state index in [-0.39, 0.29) is 11.9 Å². The fourth-order valence-corrected chi connectivity index (χ4v) is 2.45. The van der Waals surface area contributed by atoms with Crippen LogP contribution in [0.4, 0.5) is 4.39 Å². The van der Waals surface area contributed by atoms with Gasteiger partial charge in [0.15, 0.2) is 5.82 Å². The Labute approximate surface area is 121 Å². The molecule has 0 bridgehead atoms. The molecule has 2 N–H and O–H groups in total. The predicted octanol–water partition coefficient (Wildman–Crippen LogP) is 3.55. The number of nitrogens with zero attached hydrogens (tertiary/aromatic N) is 2. The molecule has 1 aromatic carbocycles. The zero-order valence-electron chi connectivity index (χ0n) is 11.5. The van der Waals surface area contributed by atoms with Gasteiger partial charge in [-0.15, -0.1) is 11.8 Å². The Balaban J connectivity index is 1.96. The second-order valence-corrected chi connectivity index (χ2v) is 5.75. The predicted molar refractivity (Wildman–Crippen MR) is 76.6 cm³/mol. The van der Waals surface area contributed by atoms with Crippen molar-refractivity contribution in [3.63, 3.8) is 0 Å². The number of hydrogen-bond donors (Lipinski definition) is 1. The highest BCUT2D eigenvalue weighted by atomic mass is 32.2. The highest BCUT2D eigenvalue weighted by molar-refractivity contribution is 7.98. The van der Waals surface area contributed by atoms with Crippen LogP contribution in [-0.2, 0) is 5.75 Å². The summed E-state index contributed by atoms with van der Waals surface area (Å²) in [4.78, 5) is 5.14. The summed E-state index contributed by atoms with van der Waals surface area (Å²) in [5.41, 5.74) is 6.04. The lowest BCUT2D eigenvalue weighted by Gasteiger charge is -2.12. The van der Waals surface area contributed by atoms with Crippen LogP contribution in [0.1, 0.15) is 38.0 Å². The molecule has 1 unspecified atom stereocenters. The topological polar surface area (TPSA) is 64.9 Å². The van der Waals surface area contributed by atoms with E-state index in [1.54, 1.807) is 6.07 Å². The van der Waals surface area contributed by atoms with Crippen molar-refractivity contribution in [1.29, 1.82) is 0 Å². The van der Waals surface area contributed by atoms with E-state index >= 15 is 0 Å². The molecule has 108 valence electrons.